The molecule has 1 fully saturated rings. The van der Waals surface area contributed by atoms with Gasteiger partial charge in [-0.3, -0.25) is 4.90 Å². The fourth-order valence-electron chi connectivity index (χ4n) is 7.27. The Morgan fingerprint density at radius 3 is 2.19 bits per heavy atom. The van der Waals surface area contributed by atoms with Gasteiger partial charge in [-0.05, 0) is 81.8 Å². The highest BCUT2D eigenvalue weighted by Crippen LogP contribution is 2.43. The molecule has 0 radical (unpaired) electrons. The van der Waals surface area contributed by atoms with E-state index in [-0.39, 0.29) is 36.2 Å². The molecular weight excluding hydrogens is 689 g/mol. The number of aliphatic hydroxyl groups is 1. The van der Waals surface area contributed by atoms with E-state index < -0.39 is 16.3 Å². The molecule has 10 heteroatoms. The van der Waals surface area contributed by atoms with Crippen molar-refractivity contribution in [2.24, 2.45) is 5.92 Å². The predicted octanol–water partition coefficient (Wildman–Crippen LogP) is 7.19. The molecule has 276 valence electrons. The molecule has 0 aliphatic carbocycles. The molecule has 2 aliphatic rings. The Hall–Kier alpha value is -4.55. The average molecular weight is 735 g/mol. The fraction of sp³-hybridized carbons (Fsp3) is 0.302. The maximum absolute atomic E-state index is 12.9. The van der Waals surface area contributed by atoms with Gasteiger partial charge < -0.3 is 24.1 Å². The molecule has 0 spiro atoms. The summed E-state index contributed by atoms with van der Waals surface area (Å²) < 4.78 is 53.3. The van der Waals surface area contributed by atoms with Gasteiger partial charge in [-0.25, -0.2) is 13.1 Å². The van der Waals surface area contributed by atoms with Crippen LogP contribution in [0.1, 0.15) is 52.7 Å². The normalized spacial score (nSPS) is 20.5. The minimum atomic E-state index is -3.64. The van der Waals surface area contributed by atoms with Crippen molar-refractivity contribution in [1.29, 1.82) is 0 Å². The number of hydrogen-bond donors (Lipinski definition) is 2. The third-order valence-corrected chi connectivity index (χ3v) is 11.7. The second-order valence-corrected chi connectivity index (χ2v) is 15.5. The third kappa shape index (κ3) is 8.33. The summed E-state index contributed by atoms with van der Waals surface area (Å²) in [7, 11) is -0.308. The van der Waals surface area contributed by atoms with Gasteiger partial charge in [0, 0.05) is 37.7 Å². The molecule has 53 heavy (non-hydrogen) atoms. The van der Waals surface area contributed by atoms with E-state index in [0.29, 0.717) is 0 Å². The first-order valence-electron chi connectivity index (χ1n) is 18.0. The minimum absolute atomic E-state index is 0.0181. The highest BCUT2D eigenvalue weighted by atomic mass is 32.2. The standard InChI is InChI=1S/C43H46N2O7S/c1-29-41(27-45-20-19-35-23-39(49-2)40(50-3)24-37(35)26-45)51-43(52-42(29)32-17-15-30(28-46)16-18-32)36-12-8-11-34(22-36)33-10-7-9-31(21-33)25-44-53(47,48)38-13-5-4-6-14-38/h4-18,21-24,29,41-44,46H,19-20,25-28H2,1-3H3. The second-order valence-electron chi connectivity index (χ2n) is 13.7. The largest absolute Gasteiger partial charge is 0.493 e. The number of nitrogens with one attached hydrogen (secondary N) is 1. The maximum atomic E-state index is 12.9. The summed E-state index contributed by atoms with van der Waals surface area (Å²) in [5.74, 6) is 1.52. The highest BCUT2D eigenvalue weighted by Gasteiger charge is 2.39. The predicted molar refractivity (Wildman–Crippen MR) is 204 cm³/mol. The topological polar surface area (TPSA) is 107 Å². The molecule has 2 heterocycles. The summed E-state index contributed by atoms with van der Waals surface area (Å²) in [6.07, 6.45) is -0.0986. The molecule has 0 aromatic heterocycles. The van der Waals surface area contributed by atoms with Gasteiger partial charge in [0.2, 0.25) is 10.0 Å². The quantitative estimate of drug-likeness (QED) is 0.139. The van der Waals surface area contributed by atoms with E-state index in [1.807, 2.05) is 66.7 Å². The van der Waals surface area contributed by atoms with Gasteiger partial charge >= 0.3 is 0 Å². The Balaban J connectivity index is 1.12. The number of rotatable bonds is 12. The smallest absolute Gasteiger partial charge is 0.240 e. The molecule has 5 aromatic rings. The van der Waals surface area contributed by atoms with Gasteiger partial charge in [0.05, 0.1) is 37.9 Å². The lowest BCUT2D eigenvalue weighted by molar-refractivity contribution is -0.276. The molecule has 0 saturated carbocycles. The van der Waals surface area contributed by atoms with Gasteiger partial charge in [-0.15, -0.1) is 0 Å². The average Bonchev–Trinajstić information content (AvgIpc) is 3.20. The van der Waals surface area contributed by atoms with Crippen molar-refractivity contribution in [3.05, 3.63) is 149 Å². The van der Waals surface area contributed by atoms with Crippen molar-refractivity contribution < 1.29 is 32.5 Å². The third-order valence-electron chi connectivity index (χ3n) is 10.3. The van der Waals surface area contributed by atoms with Crippen molar-refractivity contribution in [3.8, 4) is 22.6 Å². The zero-order valence-corrected chi connectivity index (χ0v) is 31.1. The van der Waals surface area contributed by atoms with E-state index in [4.69, 9.17) is 18.9 Å². The van der Waals surface area contributed by atoms with Gasteiger partial charge in [-0.1, -0.05) is 85.8 Å². The number of methoxy groups -OCH3 is 2. The first-order valence-corrected chi connectivity index (χ1v) is 19.4. The number of sulfonamides is 1. The van der Waals surface area contributed by atoms with Crippen molar-refractivity contribution in [3.63, 3.8) is 0 Å². The molecular formula is C43H46N2O7S. The Labute approximate surface area is 312 Å². The Bertz CT molecular complexity index is 2130. The van der Waals surface area contributed by atoms with Crippen molar-refractivity contribution in [1.82, 2.24) is 9.62 Å². The monoisotopic (exact) mass is 734 g/mol. The van der Waals surface area contributed by atoms with E-state index in [1.165, 1.54) is 11.1 Å². The lowest BCUT2D eigenvalue weighted by Gasteiger charge is -2.43. The summed E-state index contributed by atoms with van der Waals surface area (Å²) >= 11 is 0. The van der Waals surface area contributed by atoms with Crippen LogP contribution in [0.3, 0.4) is 0 Å². The zero-order valence-electron chi connectivity index (χ0n) is 30.3. The summed E-state index contributed by atoms with van der Waals surface area (Å²) in [6, 6.07) is 36.6. The van der Waals surface area contributed by atoms with Crippen LogP contribution in [0.2, 0.25) is 0 Å². The van der Waals surface area contributed by atoms with Crippen LogP contribution >= 0.6 is 0 Å². The van der Waals surface area contributed by atoms with Crippen LogP contribution in [0.4, 0.5) is 0 Å². The lowest BCUT2D eigenvalue weighted by atomic mass is 9.89. The zero-order chi connectivity index (χ0) is 37.0. The fourth-order valence-corrected chi connectivity index (χ4v) is 8.31. The number of fused-ring (bicyclic) bond motifs is 1. The summed E-state index contributed by atoms with van der Waals surface area (Å²) in [5.41, 5.74) is 8.05. The molecule has 4 atom stereocenters. The summed E-state index contributed by atoms with van der Waals surface area (Å²) in [6.45, 7) is 4.72. The lowest BCUT2D eigenvalue weighted by Crippen LogP contribution is -2.45. The van der Waals surface area contributed by atoms with E-state index in [9.17, 15) is 13.5 Å². The van der Waals surface area contributed by atoms with E-state index >= 15 is 0 Å². The van der Waals surface area contributed by atoms with E-state index in [1.54, 1.807) is 44.6 Å². The minimum Gasteiger partial charge on any atom is -0.493 e. The van der Waals surface area contributed by atoms with Gasteiger partial charge in [-0.2, -0.15) is 0 Å². The van der Waals surface area contributed by atoms with Crippen LogP contribution in [0.15, 0.2) is 120 Å². The summed E-state index contributed by atoms with van der Waals surface area (Å²) in [4.78, 5) is 2.68. The van der Waals surface area contributed by atoms with Crippen LogP contribution in [-0.2, 0) is 45.6 Å². The first-order chi connectivity index (χ1) is 25.7. The summed E-state index contributed by atoms with van der Waals surface area (Å²) in [5, 5.41) is 9.69. The molecule has 5 aromatic carbocycles. The van der Waals surface area contributed by atoms with Crippen LogP contribution in [-0.4, -0.2) is 51.8 Å². The number of hydrogen-bond acceptors (Lipinski definition) is 8. The first kappa shape index (κ1) is 36.8. The number of ether oxygens (including phenoxy) is 4. The molecule has 9 nitrogen and oxygen atoms in total. The Morgan fingerprint density at radius 2 is 1.47 bits per heavy atom. The van der Waals surface area contributed by atoms with Crippen LogP contribution < -0.4 is 14.2 Å². The van der Waals surface area contributed by atoms with Crippen molar-refractivity contribution in [2.75, 3.05) is 27.3 Å². The maximum Gasteiger partial charge on any atom is 0.240 e. The molecule has 2 aliphatic heterocycles. The molecule has 7 rings (SSSR count). The number of aliphatic hydroxyl groups excluding tert-OH is 1. The number of benzene rings is 5. The van der Waals surface area contributed by atoms with Gasteiger partial charge in [0.25, 0.3) is 0 Å². The van der Waals surface area contributed by atoms with Gasteiger partial charge in [0.1, 0.15) is 0 Å². The van der Waals surface area contributed by atoms with E-state index in [2.05, 4.69) is 34.7 Å². The molecule has 2 N–H and O–H groups in total. The second kappa shape index (κ2) is 16.2. The van der Waals surface area contributed by atoms with Crippen molar-refractivity contribution >= 4 is 10.0 Å². The van der Waals surface area contributed by atoms with E-state index in [0.717, 1.165) is 70.9 Å². The van der Waals surface area contributed by atoms with Crippen LogP contribution in [0, 0.1) is 5.92 Å². The Morgan fingerprint density at radius 1 is 0.774 bits per heavy atom. The molecule has 0 bridgehead atoms. The van der Waals surface area contributed by atoms with Crippen LogP contribution in [0.25, 0.3) is 11.1 Å². The van der Waals surface area contributed by atoms with Crippen molar-refractivity contribution in [2.45, 2.75) is 56.4 Å². The highest BCUT2D eigenvalue weighted by molar-refractivity contribution is 7.89. The Kier molecular flexibility index (Phi) is 11.3. The number of nitrogens with zero attached hydrogens (tertiary/aromatic N) is 1. The molecule has 1 saturated heterocycles. The van der Waals surface area contributed by atoms with Crippen LogP contribution in [0.5, 0.6) is 11.5 Å². The molecule has 0 amide bonds. The van der Waals surface area contributed by atoms with Gasteiger partial charge in [0.15, 0.2) is 17.8 Å². The molecule has 4 unspecified atom stereocenters. The SMILES string of the molecule is COc1cc2c(cc1OC)CN(CC1OC(c3cccc(-c4cccc(CNS(=O)(=O)c5ccccc5)c4)c3)OC(c3ccc(CO)cc3)C1C)CC2.